The topological polar surface area (TPSA) is 41.1 Å². The smallest absolute Gasteiger partial charge is 0.249 e. The van der Waals surface area contributed by atoms with Gasteiger partial charge in [-0.25, -0.2) is 0 Å². The van der Waals surface area contributed by atoms with Crippen LogP contribution in [0.4, 0.5) is 0 Å². The van der Waals surface area contributed by atoms with Gasteiger partial charge in [-0.15, -0.1) is 0 Å². The largest absolute Gasteiger partial charge is 0.302 e. The molecule has 1 aliphatic rings. The summed E-state index contributed by atoms with van der Waals surface area (Å²) in [5.41, 5.74) is 8.62. The minimum absolute atomic E-state index is 0.00592. The van der Waals surface area contributed by atoms with Crippen LogP contribution in [0.15, 0.2) is 42.1 Å². The maximum atomic E-state index is 12.0. The van der Waals surface area contributed by atoms with Crippen LogP contribution in [-0.4, -0.2) is 5.91 Å². The third-order valence-electron chi connectivity index (χ3n) is 4.45. The molecule has 1 heterocycles. The van der Waals surface area contributed by atoms with Crippen LogP contribution in [-0.2, 0) is 11.2 Å². The molecule has 0 unspecified atom stereocenters. The molecule has 0 radical (unpaired) electrons. The number of nitrogens with one attached hydrogen (secondary N) is 2. The fourth-order valence-corrected chi connectivity index (χ4v) is 3.04. The van der Waals surface area contributed by atoms with Crippen LogP contribution in [0.2, 0.25) is 0 Å². The maximum Gasteiger partial charge on any atom is 0.249 e. The van der Waals surface area contributed by atoms with Crippen LogP contribution in [0, 0.1) is 11.3 Å². The molecule has 23 heavy (non-hydrogen) atoms. The van der Waals surface area contributed by atoms with E-state index in [0.717, 1.165) is 17.7 Å². The minimum Gasteiger partial charge on any atom is -0.302 e. The van der Waals surface area contributed by atoms with Crippen LogP contribution in [0.3, 0.4) is 0 Å². The zero-order valence-corrected chi connectivity index (χ0v) is 14.2. The predicted octanol–water partition coefficient (Wildman–Crippen LogP) is 4.04. The first-order valence-electron chi connectivity index (χ1n) is 8.18. The van der Waals surface area contributed by atoms with Gasteiger partial charge in [0.2, 0.25) is 5.91 Å². The molecule has 1 aliphatic heterocycles. The highest BCUT2D eigenvalue weighted by molar-refractivity contribution is 5.94. The van der Waals surface area contributed by atoms with Gasteiger partial charge < -0.3 is 5.43 Å². The third-order valence-corrected chi connectivity index (χ3v) is 4.45. The van der Waals surface area contributed by atoms with Gasteiger partial charge in [-0.2, -0.15) is 0 Å². The van der Waals surface area contributed by atoms with Crippen LogP contribution in [0.25, 0.3) is 16.8 Å². The van der Waals surface area contributed by atoms with Gasteiger partial charge in [0.25, 0.3) is 0 Å². The van der Waals surface area contributed by atoms with E-state index in [1.807, 2.05) is 13.8 Å². The molecular weight excluding hydrogens is 284 g/mol. The molecule has 2 aromatic rings. The molecule has 0 spiro atoms. The Balaban J connectivity index is 2.14. The van der Waals surface area contributed by atoms with Crippen LogP contribution in [0.5, 0.6) is 0 Å². The first kappa shape index (κ1) is 15.6. The zero-order chi connectivity index (χ0) is 16.6. The van der Waals surface area contributed by atoms with Gasteiger partial charge in [-0.3, -0.25) is 10.2 Å². The van der Waals surface area contributed by atoms with E-state index in [9.17, 15) is 4.79 Å². The van der Waals surface area contributed by atoms with E-state index in [1.165, 1.54) is 16.3 Å². The Morgan fingerprint density at radius 2 is 1.87 bits per heavy atom. The van der Waals surface area contributed by atoms with E-state index in [-0.39, 0.29) is 5.91 Å². The SMILES string of the molecule is CC(C)Cc1cc(/C=C2\NNC(=O)C2(C)C)c2ccccc2c1. The number of carbonyl (C=O) groups is 1. The average Bonchev–Trinajstić information content (AvgIpc) is 2.73. The first-order valence-corrected chi connectivity index (χ1v) is 8.18. The maximum absolute atomic E-state index is 12.0. The summed E-state index contributed by atoms with van der Waals surface area (Å²) >= 11 is 0. The van der Waals surface area contributed by atoms with Crippen molar-refractivity contribution in [3.8, 4) is 0 Å². The molecule has 0 bridgehead atoms. The van der Waals surface area contributed by atoms with Crippen LogP contribution in [0.1, 0.15) is 38.8 Å². The molecule has 0 atom stereocenters. The van der Waals surface area contributed by atoms with Crippen molar-refractivity contribution in [1.29, 1.82) is 0 Å². The molecule has 3 heteroatoms. The lowest BCUT2D eigenvalue weighted by atomic mass is 9.88. The van der Waals surface area contributed by atoms with Gasteiger partial charge in [-0.1, -0.05) is 50.2 Å². The minimum atomic E-state index is -0.533. The van der Waals surface area contributed by atoms with E-state index in [4.69, 9.17) is 0 Å². The summed E-state index contributed by atoms with van der Waals surface area (Å²) in [6.07, 6.45) is 3.15. The second-order valence-corrected chi connectivity index (χ2v) is 7.27. The summed E-state index contributed by atoms with van der Waals surface area (Å²) in [5, 5.41) is 2.46. The molecule has 0 aliphatic carbocycles. The quantitative estimate of drug-likeness (QED) is 0.898. The van der Waals surface area contributed by atoms with E-state index in [2.05, 4.69) is 67.2 Å². The molecule has 0 saturated carbocycles. The van der Waals surface area contributed by atoms with Gasteiger partial charge in [0.1, 0.15) is 0 Å². The number of rotatable bonds is 3. The highest BCUT2D eigenvalue weighted by atomic mass is 16.2. The Morgan fingerprint density at radius 1 is 1.13 bits per heavy atom. The number of amides is 1. The van der Waals surface area contributed by atoms with Crippen molar-refractivity contribution in [3.63, 3.8) is 0 Å². The molecule has 3 rings (SSSR count). The Kier molecular flexibility index (Phi) is 3.88. The first-order chi connectivity index (χ1) is 10.9. The van der Waals surface area contributed by atoms with Gasteiger partial charge in [-0.05, 0) is 54.2 Å². The molecule has 1 amide bonds. The summed E-state index contributed by atoms with van der Waals surface area (Å²) in [6, 6.07) is 12.9. The third kappa shape index (κ3) is 2.96. The molecule has 120 valence electrons. The Morgan fingerprint density at radius 3 is 2.52 bits per heavy atom. The summed E-state index contributed by atoms with van der Waals surface area (Å²) < 4.78 is 0. The molecule has 2 N–H and O–H groups in total. The highest BCUT2D eigenvalue weighted by Gasteiger charge is 2.37. The van der Waals surface area contributed by atoms with Gasteiger partial charge in [0.15, 0.2) is 0 Å². The van der Waals surface area contributed by atoms with Gasteiger partial charge >= 0.3 is 0 Å². The van der Waals surface area contributed by atoms with Crippen LogP contribution < -0.4 is 10.9 Å². The molecule has 1 saturated heterocycles. The van der Waals surface area contributed by atoms with Crippen molar-refractivity contribution in [2.45, 2.75) is 34.1 Å². The molecule has 2 aromatic carbocycles. The number of hydrazine groups is 1. The fraction of sp³-hybridized carbons (Fsp3) is 0.350. The van der Waals surface area contributed by atoms with E-state index in [1.54, 1.807) is 0 Å². The van der Waals surface area contributed by atoms with E-state index >= 15 is 0 Å². The average molecular weight is 308 g/mol. The van der Waals surface area contributed by atoms with Gasteiger partial charge in [0.05, 0.1) is 5.41 Å². The number of benzene rings is 2. The summed E-state index contributed by atoms with van der Waals surface area (Å²) in [7, 11) is 0. The summed E-state index contributed by atoms with van der Waals surface area (Å²) in [4.78, 5) is 12.0. The zero-order valence-electron chi connectivity index (χ0n) is 14.2. The van der Waals surface area contributed by atoms with Crippen molar-refractivity contribution < 1.29 is 4.79 Å². The normalized spacial score (nSPS) is 18.5. The standard InChI is InChI=1S/C20H24N2O/c1-13(2)9-14-10-15-7-5-6-8-17(15)16(11-14)12-18-20(3,4)19(23)22-21-18/h5-8,10-13,21H,9H2,1-4H3,(H,22,23)/b18-12-. The van der Waals surface area contributed by atoms with Crippen molar-refractivity contribution in [3.05, 3.63) is 53.2 Å². The van der Waals surface area contributed by atoms with Gasteiger partial charge in [0, 0.05) is 5.70 Å². The molecule has 3 nitrogen and oxygen atoms in total. The Labute approximate surface area is 137 Å². The summed E-state index contributed by atoms with van der Waals surface area (Å²) in [6.45, 7) is 8.34. The van der Waals surface area contributed by atoms with E-state index in [0.29, 0.717) is 5.92 Å². The van der Waals surface area contributed by atoms with Crippen molar-refractivity contribution >= 4 is 22.8 Å². The number of hydrogen-bond donors (Lipinski definition) is 2. The number of hydrogen-bond acceptors (Lipinski definition) is 2. The van der Waals surface area contributed by atoms with E-state index < -0.39 is 5.41 Å². The predicted molar refractivity (Wildman–Crippen MR) is 95.5 cm³/mol. The number of carbonyl (C=O) groups excluding carboxylic acids is 1. The second-order valence-electron chi connectivity index (χ2n) is 7.27. The fourth-order valence-electron chi connectivity index (χ4n) is 3.04. The lowest BCUT2D eigenvalue weighted by molar-refractivity contribution is -0.125. The monoisotopic (exact) mass is 308 g/mol. The second kappa shape index (κ2) is 5.73. The lowest BCUT2D eigenvalue weighted by Crippen LogP contribution is -2.28. The Hall–Kier alpha value is -2.29. The van der Waals surface area contributed by atoms with Crippen LogP contribution >= 0.6 is 0 Å². The molecular formula is C20H24N2O. The molecule has 0 aromatic heterocycles. The molecule has 1 fully saturated rings. The highest BCUT2D eigenvalue weighted by Crippen LogP contribution is 2.32. The summed E-state index contributed by atoms with van der Waals surface area (Å²) in [5.74, 6) is 0.618. The van der Waals surface area contributed by atoms with Crippen molar-refractivity contribution in [2.75, 3.05) is 0 Å². The van der Waals surface area contributed by atoms with Crippen molar-refractivity contribution in [2.24, 2.45) is 11.3 Å². The number of fused-ring (bicyclic) bond motifs is 1. The van der Waals surface area contributed by atoms with Crippen molar-refractivity contribution in [1.82, 2.24) is 10.9 Å². The Bertz CT molecular complexity index is 787. The lowest BCUT2D eigenvalue weighted by Gasteiger charge is -2.16.